The fourth-order valence-electron chi connectivity index (χ4n) is 3.50. The van der Waals surface area contributed by atoms with Crippen molar-refractivity contribution >= 4 is 29.7 Å². The molecular weight excluding hydrogens is 462 g/mol. The Morgan fingerprint density at radius 2 is 1.83 bits per heavy atom. The Labute approximate surface area is 215 Å². The van der Waals surface area contributed by atoms with Gasteiger partial charge in [0.25, 0.3) is 0 Å². The Morgan fingerprint density at radius 3 is 2.34 bits per heavy atom. The van der Waals surface area contributed by atoms with Crippen LogP contribution in [0.4, 0.5) is 4.79 Å². The fraction of sp³-hybridized carbons (Fsp3) is 0.593. The lowest BCUT2D eigenvalue weighted by molar-refractivity contribution is -0.141. The summed E-state index contributed by atoms with van der Waals surface area (Å²) in [5.74, 6) is 0.0611. The number of thioether (sulfide) groups is 1. The maximum atomic E-state index is 13.8. The van der Waals surface area contributed by atoms with Crippen molar-refractivity contribution in [3.8, 4) is 0 Å². The van der Waals surface area contributed by atoms with E-state index in [9.17, 15) is 14.4 Å². The quantitative estimate of drug-likeness (QED) is 0.278. The molecule has 0 aliphatic carbocycles. The summed E-state index contributed by atoms with van der Waals surface area (Å²) in [6.45, 7) is 13.9. The summed E-state index contributed by atoms with van der Waals surface area (Å²) in [6.07, 6.45) is 5.96. The molecule has 7 nitrogen and oxygen atoms in total. The molecule has 0 bridgehead atoms. The average Bonchev–Trinajstić information content (AvgIpc) is 2.80. The van der Waals surface area contributed by atoms with Crippen LogP contribution < -0.4 is 10.6 Å². The van der Waals surface area contributed by atoms with Crippen molar-refractivity contribution < 1.29 is 19.1 Å². The van der Waals surface area contributed by atoms with Gasteiger partial charge in [0.2, 0.25) is 11.8 Å². The number of aryl methyl sites for hydroxylation is 1. The summed E-state index contributed by atoms with van der Waals surface area (Å²) in [6, 6.07) is 6.05. The van der Waals surface area contributed by atoms with Gasteiger partial charge < -0.3 is 20.3 Å². The molecule has 0 fully saturated rings. The molecule has 0 saturated carbocycles. The first kappa shape index (κ1) is 30.6. The van der Waals surface area contributed by atoms with E-state index in [2.05, 4.69) is 31.1 Å². The number of carbonyl (C=O) groups excluding carboxylic acids is 3. The number of rotatable bonds is 14. The fourth-order valence-corrected chi connectivity index (χ4v) is 3.97. The van der Waals surface area contributed by atoms with Crippen molar-refractivity contribution in [2.45, 2.75) is 78.0 Å². The second-order valence-electron chi connectivity index (χ2n) is 9.40. The van der Waals surface area contributed by atoms with Crippen molar-refractivity contribution in [1.29, 1.82) is 0 Å². The van der Waals surface area contributed by atoms with Crippen LogP contribution in [0.5, 0.6) is 0 Å². The van der Waals surface area contributed by atoms with Gasteiger partial charge in [-0.15, -0.1) is 6.58 Å². The lowest BCUT2D eigenvalue weighted by Gasteiger charge is -2.34. The molecule has 0 aliphatic heterocycles. The van der Waals surface area contributed by atoms with Crippen LogP contribution in [0.2, 0.25) is 0 Å². The minimum absolute atomic E-state index is 0.159. The van der Waals surface area contributed by atoms with Crippen molar-refractivity contribution in [3.63, 3.8) is 0 Å². The number of nitrogens with zero attached hydrogens (tertiary/aromatic N) is 1. The molecule has 0 saturated heterocycles. The van der Waals surface area contributed by atoms with E-state index >= 15 is 0 Å². The Balaban J connectivity index is 3.36. The number of nitrogens with one attached hydrogen (secondary N) is 2. The minimum Gasteiger partial charge on any atom is -0.444 e. The van der Waals surface area contributed by atoms with Crippen molar-refractivity contribution in [3.05, 3.63) is 48.0 Å². The molecule has 1 aromatic rings. The van der Waals surface area contributed by atoms with Crippen molar-refractivity contribution in [2.75, 3.05) is 25.1 Å². The monoisotopic (exact) mass is 505 g/mol. The van der Waals surface area contributed by atoms with Gasteiger partial charge >= 0.3 is 6.09 Å². The summed E-state index contributed by atoms with van der Waals surface area (Å²) in [4.78, 5) is 41.2. The van der Waals surface area contributed by atoms with E-state index < -0.39 is 23.8 Å². The standard InChI is InChI=1S/C27H43N3O4S/c1-8-11-17-28-24(31)23(21-14-12-20(10-3)13-15-21)30(18-9-2)25(32)22(16-19-35-7)29-26(33)34-27(4,5)6/h9,12-15,22-23H,2,8,10-11,16-19H2,1,3-7H3,(H,28,31)(H,29,33). The summed E-state index contributed by atoms with van der Waals surface area (Å²) in [5.41, 5.74) is 1.16. The van der Waals surface area contributed by atoms with Gasteiger partial charge in [0.15, 0.2) is 0 Å². The van der Waals surface area contributed by atoms with Crippen LogP contribution in [0.3, 0.4) is 0 Å². The van der Waals surface area contributed by atoms with Crippen LogP contribution in [0.25, 0.3) is 0 Å². The SMILES string of the molecule is C=CCN(C(=O)C(CCSC)NC(=O)OC(C)(C)C)C(C(=O)NCCCC)c1ccc(CC)cc1. The highest BCUT2D eigenvalue weighted by molar-refractivity contribution is 7.98. The molecule has 0 aliphatic rings. The number of hydrogen-bond donors (Lipinski definition) is 2. The molecule has 196 valence electrons. The van der Waals surface area contributed by atoms with Gasteiger partial charge in [0.05, 0.1) is 0 Å². The lowest BCUT2D eigenvalue weighted by atomic mass is 10.00. The smallest absolute Gasteiger partial charge is 0.408 e. The highest BCUT2D eigenvalue weighted by atomic mass is 32.2. The molecule has 2 unspecified atom stereocenters. The third kappa shape index (κ3) is 10.8. The summed E-state index contributed by atoms with van der Waals surface area (Å²) < 4.78 is 5.39. The molecule has 3 amide bonds. The lowest BCUT2D eigenvalue weighted by Crippen LogP contribution is -2.53. The van der Waals surface area contributed by atoms with Crippen molar-refractivity contribution in [2.24, 2.45) is 0 Å². The first-order valence-corrected chi connectivity index (χ1v) is 13.7. The molecule has 8 heteroatoms. The molecule has 2 N–H and O–H groups in total. The Morgan fingerprint density at radius 1 is 1.17 bits per heavy atom. The van der Waals surface area contributed by atoms with Crippen LogP contribution in [0, 0.1) is 0 Å². The molecule has 35 heavy (non-hydrogen) atoms. The summed E-state index contributed by atoms with van der Waals surface area (Å²) in [7, 11) is 0. The third-order valence-corrected chi connectivity index (χ3v) is 5.95. The zero-order valence-electron chi connectivity index (χ0n) is 22.2. The van der Waals surface area contributed by atoms with Gasteiger partial charge in [-0.3, -0.25) is 9.59 Å². The first-order chi connectivity index (χ1) is 16.6. The van der Waals surface area contributed by atoms with E-state index in [1.807, 2.05) is 30.5 Å². The molecule has 0 radical (unpaired) electrons. The van der Waals surface area contributed by atoms with Gasteiger partial charge in [-0.1, -0.05) is 50.6 Å². The maximum absolute atomic E-state index is 13.8. The zero-order chi connectivity index (χ0) is 26.4. The van der Waals surface area contributed by atoms with E-state index in [1.54, 1.807) is 38.6 Å². The van der Waals surface area contributed by atoms with E-state index in [-0.39, 0.29) is 18.4 Å². The van der Waals surface area contributed by atoms with E-state index in [1.165, 1.54) is 4.90 Å². The molecule has 0 heterocycles. The largest absolute Gasteiger partial charge is 0.444 e. The van der Waals surface area contributed by atoms with Crippen LogP contribution in [-0.2, 0) is 20.7 Å². The van der Waals surface area contributed by atoms with Crippen LogP contribution in [0.1, 0.15) is 71.0 Å². The predicted molar refractivity (Wildman–Crippen MR) is 145 cm³/mol. The van der Waals surface area contributed by atoms with E-state index in [0.29, 0.717) is 24.3 Å². The highest BCUT2D eigenvalue weighted by Crippen LogP contribution is 2.24. The van der Waals surface area contributed by atoms with E-state index in [0.717, 1.165) is 24.8 Å². The van der Waals surface area contributed by atoms with Gasteiger partial charge in [-0.05, 0) is 63.2 Å². The van der Waals surface area contributed by atoms with Crippen molar-refractivity contribution in [1.82, 2.24) is 15.5 Å². The normalized spacial score (nSPS) is 12.9. The Hall–Kier alpha value is -2.48. The zero-order valence-corrected chi connectivity index (χ0v) is 23.0. The molecule has 2 atom stereocenters. The third-order valence-electron chi connectivity index (χ3n) is 5.30. The summed E-state index contributed by atoms with van der Waals surface area (Å²) in [5, 5.41) is 5.71. The van der Waals surface area contributed by atoms with Crippen LogP contribution in [-0.4, -0.2) is 59.5 Å². The Kier molecular flexibility index (Phi) is 13.5. The van der Waals surface area contributed by atoms with Gasteiger partial charge in [0.1, 0.15) is 17.7 Å². The number of benzene rings is 1. The topological polar surface area (TPSA) is 87.7 Å². The van der Waals surface area contributed by atoms with Crippen LogP contribution >= 0.6 is 11.8 Å². The molecule has 0 aromatic heterocycles. The summed E-state index contributed by atoms with van der Waals surface area (Å²) >= 11 is 1.58. The molecule has 1 rings (SSSR count). The van der Waals surface area contributed by atoms with Gasteiger partial charge in [0, 0.05) is 13.1 Å². The molecule has 0 spiro atoms. The first-order valence-electron chi connectivity index (χ1n) is 12.3. The number of ether oxygens (including phenoxy) is 1. The highest BCUT2D eigenvalue weighted by Gasteiger charge is 2.35. The number of hydrogen-bond acceptors (Lipinski definition) is 5. The maximum Gasteiger partial charge on any atom is 0.408 e. The molecular formula is C27H43N3O4S. The number of unbranched alkanes of at least 4 members (excludes halogenated alkanes) is 1. The van der Waals surface area contributed by atoms with Gasteiger partial charge in [-0.2, -0.15) is 11.8 Å². The minimum atomic E-state index is -0.847. The van der Waals surface area contributed by atoms with Gasteiger partial charge in [-0.25, -0.2) is 4.79 Å². The molecule has 1 aromatic carbocycles. The Bertz CT molecular complexity index is 821. The number of amides is 3. The second kappa shape index (κ2) is 15.5. The number of carbonyl (C=O) groups is 3. The van der Waals surface area contributed by atoms with E-state index in [4.69, 9.17) is 4.74 Å². The average molecular weight is 506 g/mol. The number of alkyl carbamates (subject to hydrolysis) is 1. The second-order valence-corrected chi connectivity index (χ2v) is 10.4. The predicted octanol–water partition coefficient (Wildman–Crippen LogP) is 4.87. The van der Waals surface area contributed by atoms with Crippen LogP contribution in [0.15, 0.2) is 36.9 Å².